The molecule has 0 spiro atoms. The minimum Gasteiger partial charge on any atom is -0.302 e. The molecule has 0 aliphatic carbocycles. The van der Waals surface area contributed by atoms with Gasteiger partial charge >= 0.3 is 0 Å². The second kappa shape index (κ2) is 5.47. The molecule has 4 rings (SSSR count). The summed E-state index contributed by atoms with van der Waals surface area (Å²) < 4.78 is 27.2. The van der Waals surface area contributed by atoms with E-state index in [4.69, 9.17) is 11.6 Å². The molecule has 0 radical (unpaired) electrons. The van der Waals surface area contributed by atoms with E-state index in [9.17, 15) is 18.5 Å². The number of nitrogens with zero attached hydrogens (tertiary/aromatic N) is 2. The summed E-state index contributed by atoms with van der Waals surface area (Å²) in [6.45, 7) is 2.73. The molecule has 21 heavy (non-hydrogen) atoms. The molecule has 3 aliphatic heterocycles. The van der Waals surface area contributed by atoms with Gasteiger partial charge in [-0.15, -0.1) is 11.3 Å². The van der Waals surface area contributed by atoms with Gasteiger partial charge in [-0.25, -0.2) is 13.1 Å². The van der Waals surface area contributed by atoms with E-state index in [1.54, 1.807) is 0 Å². The van der Waals surface area contributed by atoms with Crippen LogP contribution in [0.3, 0.4) is 0 Å². The van der Waals surface area contributed by atoms with Crippen molar-refractivity contribution in [3.8, 4) is 0 Å². The summed E-state index contributed by atoms with van der Waals surface area (Å²) in [5.74, 6) is 0.343. The molecule has 1 aromatic heterocycles. The van der Waals surface area contributed by atoms with Crippen molar-refractivity contribution >= 4 is 38.6 Å². The average molecular weight is 352 g/mol. The Labute approximate surface area is 131 Å². The third kappa shape index (κ3) is 2.93. The fraction of sp³-hybridized carbons (Fsp3) is 0.636. The van der Waals surface area contributed by atoms with Crippen LogP contribution < -0.4 is 4.72 Å². The van der Waals surface area contributed by atoms with Gasteiger partial charge in [0, 0.05) is 18.7 Å². The van der Waals surface area contributed by atoms with Gasteiger partial charge in [0.05, 0.1) is 4.92 Å². The van der Waals surface area contributed by atoms with Crippen LogP contribution in [0.4, 0.5) is 5.69 Å². The molecule has 1 atom stereocenters. The van der Waals surface area contributed by atoms with Crippen LogP contribution in [0.15, 0.2) is 10.3 Å². The zero-order valence-electron chi connectivity index (χ0n) is 11.0. The third-order valence-corrected chi connectivity index (χ3v) is 7.37. The predicted molar refractivity (Wildman–Crippen MR) is 79.3 cm³/mol. The minimum atomic E-state index is -3.76. The number of piperidine rings is 3. The Bertz CT molecular complexity index is 667. The van der Waals surface area contributed by atoms with Crippen molar-refractivity contribution < 1.29 is 13.3 Å². The van der Waals surface area contributed by atoms with Crippen molar-refractivity contribution in [2.45, 2.75) is 23.1 Å². The van der Waals surface area contributed by atoms with Gasteiger partial charge in [0.25, 0.3) is 15.7 Å². The highest BCUT2D eigenvalue weighted by Crippen LogP contribution is 2.37. The van der Waals surface area contributed by atoms with Crippen LogP contribution in [0.25, 0.3) is 0 Å². The summed E-state index contributed by atoms with van der Waals surface area (Å²) in [6.07, 6.45) is 1.97. The largest absolute Gasteiger partial charge is 0.302 e. The average Bonchev–Trinajstić information content (AvgIpc) is 2.83. The van der Waals surface area contributed by atoms with E-state index >= 15 is 0 Å². The molecule has 3 fully saturated rings. The summed E-state index contributed by atoms with van der Waals surface area (Å²) in [5.41, 5.74) is -0.365. The Kier molecular flexibility index (Phi) is 3.95. The number of thiophene rings is 1. The van der Waals surface area contributed by atoms with Gasteiger partial charge in [-0.2, -0.15) is 0 Å². The first-order valence-electron chi connectivity index (χ1n) is 6.55. The lowest BCUT2D eigenvalue weighted by Gasteiger charge is -2.44. The molecule has 10 heteroatoms. The summed E-state index contributed by atoms with van der Waals surface area (Å²) in [4.78, 5) is 12.3. The van der Waals surface area contributed by atoms with E-state index in [-0.39, 0.29) is 20.3 Å². The monoisotopic (exact) mass is 351 g/mol. The van der Waals surface area contributed by atoms with E-state index in [0.717, 1.165) is 43.3 Å². The Morgan fingerprint density at radius 2 is 2.10 bits per heavy atom. The molecule has 1 N–H and O–H groups in total. The highest BCUT2D eigenvalue weighted by Gasteiger charge is 2.37. The van der Waals surface area contributed by atoms with Crippen LogP contribution in [0.2, 0.25) is 4.34 Å². The number of rotatable bonds is 4. The van der Waals surface area contributed by atoms with Crippen LogP contribution in [-0.4, -0.2) is 43.9 Å². The van der Waals surface area contributed by atoms with E-state index < -0.39 is 14.9 Å². The zero-order chi connectivity index (χ0) is 15.2. The van der Waals surface area contributed by atoms with Gasteiger partial charge in [-0.05, 0) is 31.8 Å². The summed E-state index contributed by atoms with van der Waals surface area (Å²) in [6, 6.07) is 0.897. The maximum Gasteiger partial charge on any atom is 0.300 e. The van der Waals surface area contributed by atoms with Crippen molar-refractivity contribution in [2.75, 3.05) is 19.6 Å². The molecule has 1 aromatic rings. The van der Waals surface area contributed by atoms with Crippen molar-refractivity contribution in [2.24, 2.45) is 5.92 Å². The van der Waals surface area contributed by atoms with Gasteiger partial charge < -0.3 is 4.90 Å². The van der Waals surface area contributed by atoms with Gasteiger partial charge in [0.2, 0.25) is 0 Å². The molecule has 0 aromatic carbocycles. The van der Waals surface area contributed by atoms with E-state index in [0.29, 0.717) is 12.5 Å². The topological polar surface area (TPSA) is 92.5 Å². The van der Waals surface area contributed by atoms with Gasteiger partial charge in [-0.1, -0.05) is 11.6 Å². The zero-order valence-corrected chi connectivity index (χ0v) is 13.4. The van der Waals surface area contributed by atoms with Crippen molar-refractivity contribution in [3.05, 3.63) is 20.5 Å². The standard InChI is InChI=1S/C11H14ClN3O4S2/c12-11-9(15(16)17)5-10(20-11)21(18,19)13-8-6-14-3-1-7(8)2-4-14/h5,7-8,13H,1-4,6H2. The van der Waals surface area contributed by atoms with Crippen LogP contribution >= 0.6 is 22.9 Å². The predicted octanol–water partition coefficient (Wildman–Crippen LogP) is 1.68. The van der Waals surface area contributed by atoms with Gasteiger partial charge in [0.1, 0.15) is 4.21 Å². The normalized spacial score (nSPS) is 28.7. The van der Waals surface area contributed by atoms with E-state index in [1.165, 1.54) is 0 Å². The lowest BCUT2D eigenvalue weighted by molar-refractivity contribution is -0.384. The highest BCUT2D eigenvalue weighted by atomic mass is 35.5. The van der Waals surface area contributed by atoms with Crippen molar-refractivity contribution in [3.63, 3.8) is 0 Å². The molecule has 3 aliphatic rings. The SMILES string of the molecule is O=[N+]([O-])c1cc(S(=O)(=O)NC2CN3CCC2CC3)sc1Cl. The maximum atomic E-state index is 12.4. The third-order valence-electron chi connectivity index (χ3n) is 4.07. The van der Waals surface area contributed by atoms with Crippen molar-refractivity contribution in [1.82, 2.24) is 9.62 Å². The molecular formula is C11H14ClN3O4S2. The number of hydrogen-bond donors (Lipinski definition) is 1. The van der Waals surface area contributed by atoms with E-state index in [2.05, 4.69) is 9.62 Å². The Balaban J connectivity index is 1.81. The molecule has 4 heterocycles. The quantitative estimate of drug-likeness (QED) is 0.658. The van der Waals surface area contributed by atoms with Gasteiger partial charge in [-0.3, -0.25) is 10.1 Å². The molecule has 7 nitrogen and oxygen atoms in total. The minimum absolute atomic E-state index is 0.101. The summed E-state index contributed by atoms with van der Waals surface area (Å²) in [5, 5.41) is 10.8. The van der Waals surface area contributed by atoms with Crippen LogP contribution in [-0.2, 0) is 10.0 Å². The maximum absolute atomic E-state index is 12.4. The van der Waals surface area contributed by atoms with Crippen LogP contribution in [0.1, 0.15) is 12.8 Å². The number of hydrogen-bond acceptors (Lipinski definition) is 6. The fourth-order valence-electron chi connectivity index (χ4n) is 2.95. The Hall–Kier alpha value is -0.740. The molecule has 2 bridgehead atoms. The summed E-state index contributed by atoms with van der Waals surface area (Å²) >= 11 is 6.45. The summed E-state index contributed by atoms with van der Waals surface area (Å²) in [7, 11) is -3.76. The second-order valence-electron chi connectivity index (χ2n) is 5.35. The van der Waals surface area contributed by atoms with Crippen LogP contribution in [0.5, 0.6) is 0 Å². The van der Waals surface area contributed by atoms with E-state index in [1.807, 2.05) is 0 Å². The van der Waals surface area contributed by atoms with Crippen LogP contribution in [0, 0.1) is 16.0 Å². The Morgan fingerprint density at radius 3 is 2.57 bits per heavy atom. The number of sulfonamides is 1. The first-order chi connectivity index (χ1) is 9.87. The molecule has 0 amide bonds. The van der Waals surface area contributed by atoms with Crippen molar-refractivity contribution in [1.29, 1.82) is 0 Å². The lowest BCUT2D eigenvalue weighted by Crippen LogP contribution is -2.57. The number of nitro groups is 1. The molecular weight excluding hydrogens is 338 g/mol. The van der Waals surface area contributed by atoms with Gasteiger partial charge in [0.15, 0.2) is 4.34 Å². The first kappa shape index (κ1) is 15.2. The molecule has 3 saturated heterocycles. The molecule has 0 saturated carbocycles. The Morgan fingerprint density at radius 1 is 1.43 bits per heavy atom. The molecule has 116 valence electrons. The smallest absolute Gasteiger partial charge is 0.300 e. The number of fused-ring (bicyclic) bond motifs is 3. The number of nitrogens with one attached hydrogen (secondary N) is 1. The first-order valence-corrected chi connectivity index (χ1v) is 9.23. The lowest BCUT2D eigenvalue weighted by atomic mass is 9.85. The highest BCUT2D eigenvalue weighted by molar-refractivity contribution is 7.91. The second-order valence-corrected chi connectivity index (χ2v) is 8.94. The molecule has 1 unspecified atom stereocenters. The fourth-order valence-corrected chi connectivity index (χ4v) is 5.93. The number of halogens is 1.